The van der Waals surface area contributed by atoms with Gasteiger partial charge in [-0.3, -0.25) is 4.79 Å². The van der Waals surface area contributed by atoms with E-state index in [1.807, 2.05) is 13.8 Å². The number of hydrogen-bond acceptors (Lipinski definition) is 5. The van der Waals surface area contributed by atoms with Crippen molar-refractivity contribution in [2.45, 2.75) is 97.6 Å². The van der Waals surface area contributed by atoms with E-state index < -0.39 is 17.9 Å². The molecule has 34 heavy (non-hydrogen) atoms. The van der Waals surface area contributed by atoms with Crippen LogP contribution in [0.3, 0.4) is 0 Å². The van der Waals surface area contributed by atoms with E-state index in [9.17, 15) is 19.8 Å². The van der Waals surface area contributed by atoms with Crippen molar-refractivity contribution < 1.29 is 24.6 Å². The quantitative estimate of drug-likeness (QED) is 0.477. The zero-order chi connectivity index (χ0) is 24.7. The Kier molecular flexibility index (Phi) is 7.14. The van der Waals surface area contributed by atoms with Gasteiger partial charge in [0, 0.05) is 0 Å². The highest BCUT2D eigenvalue weighted by Crippen LogP contribution is 2.65. The molecule has 0 heterocycles. The number of amides is 1. The van der Waals surface area contributed by atoms with Crippen LogP contribution < -0.4 is 5.32 Å². The van der Waals surface area contributed by atoms with Gasteiger partial charge in [0.2, 0.25) is 0 Å². The van der Waals surface area contributed by atoms with E-state index in [4.69, 9.17) is 4.84 Å². The molecule has 0 bridgehead atoms. The zero-order valence-corrected chi connectivity index (χ0v) is 21.2. The summed E-state index contributed by atoms with van der Waals surface area (Å²) in [7, 11) is 0. The fraction of sp³-hybridized carbons (Fsp3) is 0.815. The van der Waals surface area contributed by atoms with Gasteiger partial charge in [-0.25, -0.2) is 4.79 Å². The third-order valence-electron chi connectivity index (χ3n) is 10.1. The van der Waals surface area contributed by atoms with Crippen molar-refractivity contribution in [1.82, 2.24) is 5.32 Å². The van der Waals surface area contributed by atoms with Gasteiger partial charge in [0.05, 0.1) is 11.8 Å². The first-order valence-corrected chi connectivity index (χ1v) is 13.2. The summed E-state index contributed by atoms with van der Waals surface area (Å²) in [6, 6.07) is -0.917. The molecule has 0 saturated heterocycles. The Hall–Kier alpha value is -1.89. The van der Waals surface area contributed by atoms with Gasteiger partial charge in [-0.1, -0.05) is 44.8 Å². The van der Waals surface area contributed by atoms with Crippen molar-refractivity contribution in [2.24, 2.45) is 39.7 Å². The first kappa shape index (κ1) is 25.2. The number of allylic oxidation sites excluding steroid dienone is 2. The molecular formula is C27H42N2O5. The molecule has 8 atom stereocenters. The maximum atomic E-state index is 12.2. The maximum absolute atomic E-state index is 12.2. The number of fused-ring (bicyclic) bond motifs is 5. The van der Waals surface area contributed by atoms with Crippen LogP contribution in [-0.2, 0) is 14.4 Å². The van der Waals surface area contributed by atoms with Crippen molar-refractivity contribution in [3.63, 3.8) is 0 Å². The molecule has 0 radical (unpaired) electrons. The van der Waals surface area contributed by atoms with Gasteiger partial charge in [-0.05, 0) is 91.9 Å². The van der Waals surface area contributed by atoms with Gasteiger partial charge < -0.3 is 20.4 Å². The van der Waals surface area contributed by atoms with Crippen LogP contribution in [0.4, 0.5) is 0 Å². The molecule has 0 aromatic carbocycles. The van der Waals surface area contributed by atoms with Gasteiger partial charge in [-0.2, -0.15) is 0 Å². The second kappa shape index (κ2) is 9.63. The second-order valence-corrected chi connectivity index (χ2v) is 11.8. The fourth-order valence-electron chi connectivity index (χ4n) is 7.69. The van der Waals surface area contributed by atoms with E-state index in [0.717, 1.165) is 44.2 Å². The molecule has 0 aromatic heterocycles. The lowest BCUT2D eigenvalue weighted by Crippen LogP contribution is -2.51. The predicted octanol–water partition coefficient (Wildman–Crippen LogP) is 4.30. The Morgan fingerprint density at radius 2 is 1.94 bits per heavy atom. The lowest BCUT2D eigenvalue weighted by atomic mass is 9.47. The minimum Gasteiger partial charge on any atom is -0.480 e. The van der Waals surface area contributed by atoms with E-state index in [-0.39, 0.29) is 29.5 Å². The van der Waals surface area contributed by atoms with Crippen molar-refractivity contribution in [1.29, 1.82) is 0 Å². The summed E-state index contributed by atoms with van der Waals surface area (Å²) in [5.74, 6) is 0.350. The average molecular weight is 475 g/mol. The Morgan fingerprint density at radius 1 is 1.18 bits per heavy atom. The van der Waals surface area contributed by atoms with Crippen LogP contribution in [0.15, 0.2) is 16.8 Å². The van der Waals surface area contributed by atoms with Crippen molar-refractivity contribution >= 4 is 17.6 Å². The highest BCUT2D eigenvalue weighted by atomic mass is 16.6. The third kappa shape index (κ3) is 4.40. The molecule has 7 nitrogen and oxygen atoms in total. The lowest BCUT2D eigenvalue weighted by Gasteiger charge is -2.57. The summed E-state index contributed by atoms with van der Waals surface area (Å²) in [6.45, 7) is 8.17. The van der Waals surface area contributed by atoms with Crippen LogP contribution in [0.25, 0.3) is 0 Å². The molecule has 0 aliphatic heterocycles. The summed E-state index contributed by atoms with van der Waals surface area (Å²) >= 11 is 0. The SMILES string of the molecule is CC[C@H](C)[C@H](NC(=O)CON=C1C=C2CC[C@@H]3[C@@H]4CC[C@@H](O)[C@@]4(C)CC[C@@H]3[C@@]2(C)CC1)C(=O)O. The normalized spacial score (nSPS) is 39.8. The first-order chi connectivity index (χ1) is 16.1. The smallest absolute Gasteiger partial charge is 0.326 e. The Balaban J connectivity index is 1.38. The Labute approximate surface area is 203 Å². The number of carboxylic acid groups (broad SMARTS) is 1. The molecule has 7 heteroatoms. The van der Waals surface area contributed by atoms with Crippen molar-refractivity contribution in [3.05, 3.63) is 11.6 Å². The summed E-state index contributed by atoms with van der Waals surface area (Å²) < 4.78 is 0. The summed E-state index contributed by atoms with van der Waals surface area (Å²) in [4.78, 5) is 28.9. The van der Waals surface area contributed by atoms with E-state index in [1.54, 1.807) is 0 Å². The Morgan fingerprint density at radius 3 is 2.65 bits per heavy atom. The number of aliphatic carboxylic acids is 1. The van der Waals surface area contributed by atoms with Crippen molar-refractivity contribution in [3.8, 4) is 0 Å². The van der Waals surface area contributed by atoms with Crippen LogP contribution >= 0.6 is 0 Å². The molecule has 0 aromatic rings. The molecule has 4 aliphatic carbocycles. The van der Waals surface area contributed by atoms with E-state index >= 15 is 0 Å². The number of carbonyl (C=O) groups excluding carboxylic acids is 1. The largest absolute Gasteiger partial charge is 0.480 e. The molecule has 3 fully saturated rings. The third-order valence-corrected chi connectivity index (χ3v) is 10.1. The first-order valence-electron chi connectivity index (χ1n) is 13.2. The topological polar surface area (TPSA) is 108 Å². The van der Waals surface area contributed by atoms with E-state index in [0.29, 0.717) is 24.2 Å². The molecule has 0 spiro atoms. The number of aliphatic hydroxyl groups is 1. The van der Waals surface area contributed by atoms with Crippen LogP contribution in [0.5, 0.6) is 0 Å². The summed E-state index contributed by atoms with van der Waals surface area (Å²) in [6.07, 6.45) is 11.2. The average Bonchev–Trinajstić information content (AvgIpc) is 3.11. The van der Waals surface area contributed by atoms with Crippen LogP contribution in [0, 0.1) is 34.5 Å². The van der Waals surface area contributed by atoms with Gasteiger partial charge in [0.15, 0.2) is 6.61 Å². The number of oxime groups is 1. The number of nitrogens with zero attached hydrogens (tertiary/aromatic N) is 1. The number of rotatable bonds is 7. The van der Waals surface area contributed by atoms with Gasteiger partial charge in [-0.15, -0.1) is 0 Å². The molecule has 4 rings (SSSR count). The molecule has 4 aliphatic rings. The highest BCUT2D eigenvalue weighted by molar-refractivity contribution is 5.96. The fourth-order valence-corrected chi connectivity index (χ4v) is 7.69. The summed E-state index contributed by atoms with van der Waals surface area (Å²) in [5.41, 5.74) is 2.60. The minimum absolute atomic E-state index is 0.100. The maximum Gasteiger partial charge on any atom is 0.326 e. The Bertz CT molecular complexity index is 869. The predicted molar refractivity (Wildman–Crippen MR) is 130 cm³/mol. The summed E-state index contributed by atoms with van der Waals surface area (Å²) in [5, 5.41) is 26.8. The van der Waals surface area contributed by atoms with Crippen LogP contribution in [-0.4, -0.2) is 46.6 Å². The molecule has 0 unspecified atom stereocenters. The van der Waals surface area contributed by atoms with Crippen LogP contribution in [0.1, 0.15) is 85.5 Å². The van der Waals surface area contributed by atoms with Gasteiger partial charge in [0.25, 0.3) is 5.91 Å². The van der Waals surface area contributed by atoms with E-state index in [2.05, 4.69) is 30.4 Å². The molecule has 190 valence electrons. The minimum atomic E-state index is -1.03. The van der Waals surface area contributed by atoms with Gasteiger partial charge >= 0.3 is 5.97 Å². The van der Waals surface area contributed by atoms with Crippen molar-refractivity contribution in [2.75, 3.05) is 6.61 Å². The standard InChI is InChI=1S/C27H42N2O5/c1-5-16(2)24(25(32)33)28-23(31)15-34-29-18-10-12-26(3)17(14-18)6-7-19-20-8-9-22(30)27(20,4)13-11-21(19)26/h14,16,19-22,24,30H,5-13,15H2,1-4H3,(H,28,31)(H,32,33)/t16-,19+,20-,21-,22+,24-,26-,27-/m0/s1. The van der Waals surface area contributed by atoms with Gasteiger partial charge in [0.1, 0.15) is 6.04 Å². The number of aliphatic hydroxyl groups excluding tert-OH is 1. The number of hydrogen-bond donors (Lipinski definition) is 3. The number of carboxylic acids is 1. The molecule has 3 N–H and O–H groups in total. The number of nitrogens with one attached hydrogen (secondary N) is 1. The van der Waals surface area contributed by atoms with E-state index in [1.165, 1.54) is 18.4 Å². The second-order valence-electron chi connectivity index (χ2n) is 11.8. The zero-order valence-electron chi connectivity index (χ0n) is 21.2. The highest BCUT2D eigenvalue weighted by Gasteiger charge is 2.58. The molecule has 1 amide bonds. The lowest BCUT2D eigenvalue weighted by molar-refractivity contribution is -0.144. The molecule has 3 saturated carbocycles. The number of carbonyl (C=O) groups is 2. The molecular weight excluding hydrogens is 432 g/mol. The monoisotopic (exact) mass is 474 g/mol. The van der Waals surface area contributed by atoms with Crippen LogP contribution in [0.2, 0.25) is 0 Å².